The molecule has 30 heavy (non-hydrogen) atoms. The van der Waals surface area contributed by atoms with Gasteiger partial charge in [-0.15, -0.1) is 0 Å². The lowest BCUT2D eigenvalue weighted by molar-refractivity contribution is -0.120. The predicted octanol–water partition coefficient (Wildman–Crippen LogP) is 3.11. The summed E-state index contributed by atoms with van der Waals surface area (Å²) >= 11 is 0. The molecule has 4 rings (SSSR count). The number of carbonyl (C=O) groups excluding carboxylic acids is 1. The molecule has 2 aliphatic rings. The lowest BCUT2D eigenvalue weighted by Crippen LogP contribution is -2.41. The molecule has 7 nitrogen and oxygen atoms in total. The first-order valence-corrected chi connectivity index (χ1v) is 12.0. The summed E-state index contributed by atoms with van der Waals surface area (Å²) in [5, 5.41) is 2.98. The van der Waals surface area contributed by atoms with Crippen molar-refractivity contribution in [1.82, 2.24) is 9.29 Å². The van der Waals surface area contributed by atoms with Gasteiger partial charge in [-0.2, -0.15) is 4.31 Å². The number of amides is 1. The summed E-state index contributed by atoms with van der Waals surface area (Å²) in [6.07, 6.45) is 6.07. The summed E-state index contributed by atoms with van der Waals surface area (Å²) in [5.41, 5.74) is 0.796. The average molecular weight is 429 g/mol. The Hall–Kier alpha value is -2.45. The topological polar surface area (TPSA) is 82.6 Å². The van der Waals surface area contributed by atoms with Crippen molar-refractivity contribution in [2.45, 2.75) is 37.0 Å². The highest BCUT2D eigenvalue weighted by Crippen LogP contribution is 2.25. The molecule has 1 N–H and O–H groups in total. The fraction of sp³-hybridized carbons (Fsp3) is 0.455. The van der Waals surface area contributed by atoms with Crippen molar-refractivity contribution in [1.29, 1.82) is 0 Å². The van der Waals surface area contributed by atoms with E-state index in [1.54, 1.807) is 16.4 Å². The molecule has 2 aromatic rings. The third-order valence-corrected chi connectivity index (χ3v) is 7.71. The van der Waals surface area contributed by atoms with Crippen LogP contribution in [-0.4, -0.2) is 49.8 Å². The number of nitrogens with one attached hydrogen (secondary N) is 1. The van der Waals surface area contributed by atoms with E-state index in [1.807, 2.05) is 30.3 Å². The molecule has 0 saturated carbocycles. The second kappa shape index (κ2) is 9.14. The van der Waals surface area contributed by atoms with Crippen LogP contribution in [0.25, 0.3) is 0 Å². The first-order chi connectivity index (χ1) is 14.5. The Morgan fingerprint density at radius 1 is 0.967 bits per heavy atom. The van der Waals surface area contributed by atoms with E-state index in [0.717, 1.165) is 44.3 Å². The molecule has 2 aliphatic heterocycles. The number of nitrogens with zero attached hydrogens (tertiary/aromatic N) is 3. The van der Waals surface area contributed by atoms with Crippen molar-refractivity contribution in [3.63, 3.8) is 0 Å². The van der Waals surface area contributed by atoms with Crippen LogP contribution in [0.4, 0.5) is 11.5 Å². The van der Waals surface area contributed by atoms with Crippen LogP contribution in [0.15, 0.2) is 53.6 Å². The smallest absolute Gasteiger partial charge is 0.244 e. The number of aromatic nitrogens is 1. The van der Waals surface area contributed by atoms with Gasteiger partial charge in [0.25, 0.3) is 0 Å². The van der Waals surface area contributed by atoms with Crippen LogP contribution in [0, 0.1) is 5.92 Å². The lowest BCUT2D eigenvalue weighted by Gasteiger charge is -2.33. The molecule has 2 saturated heterocycles. The van der Waals surface area contributed by atoms with Gasteiger partial charge in [0.05, 0.1) is 5.92 Å². The first-order valence-electron chi connectivity index (χ1n) is 10.6. The van der Waals surface area contributed by atoms with E-state index in [4.69, 9.17) is 0 Å². The molecule has 0 aliphatic carbocycles. The average Bonchev–Trinajstić information content (AvgIpc) is 2.80. The Morgan fingerprint density at radius 2 is 1.73 bits per heavy atom. The minimum atomic E-state index is -3.48. The largest absolute Gasteiger partial charge is 0.356 e. The second-order valence-electron chi connectivity index (χ2n) is 7.96. The summed E-state index contributed by atoms with van der Waals surface area (Å²) in [4.78, 5) is 19.4. The van der Waals surface area contributed by atoms with E-state index in [0.29, 0.717) is 25.5 Å². The molecule has 1 unspecified atom stereocenters. The summed E-state index contributed by atoms with van der Waals surface area (Å²) in [6.45, 7) is 2.53. The van der Waals surface area contributed by atoms with Gasteiger partial charge in [0, 0.05) is 38.1 Å². The molecule has 0 radical (unpaired) electrons. The number of anilines is 2. The van der Waals surface area contributed by atoms with Crippen LogP contribution in [-0.2, 0) is 14.8 Å². The monoisotopic (exact) mass is 428 g/mol. The van der Waals surface area contributed by atoms with Crippen LogP contribution in [0.3, 0.4) is 0 Å². The fourth-order valence-corrected chi connectivity index (χ4v) is 5.59. The number of benzene rings is 1. The Kier molecular flexibility index (Phi) is 6.34. The zero-order chi connectivity index (χ0) is 21.0. The van der Waals surface area contributed by atoms with Crippen molar-refractivity contribution in [2.24, 2.45) is 5.92 Å². The Bertz CT molecular complexity index is 958. The number of carbonyl (C=O) groups is 1. The number of sulfonamides is 1. The quantitative estimate of drug-likeness (QED) is 0.791. The second-order valence-corrected chi connectivity index (χ2v) is 9.90. The van der Waals surface area contributed by atoms with Crippen LogP contribution < -0.4 is 10.2 Å². The summed E-state index contributed by atoms with van der Waals surface area (Å²) < 4.78 is 27.2. The van der Waals surface area contributed by atoms with Crippen LogP contribution in [0.5, 0.6) is 0 Å². The van der Waals surface area contributed by atoms with E-state index in [-0.39, 0.29) is 16.7 Å². The van der Waals surface area contributed by atoms with Gasteiger partial charge in [-0.05, 0) is 49.9 Å². The lowest BCUT2D eigenvalue weighted by atomic mass is 9.97. The minimum absolute atomic E-state index is 0.00944. The van der Waals surface area contributed by atoms with Crippen LogP contribution in [0.1, 0.15) is 32.1 Å². The molecule has 160 valence electrons. The molecule has 2 fully saturated rings. The van der Waals surface area contributed by atoms with E-state index in [9.17, 15) is 13.2 Å². The Labute approximate surface area is 178 Å². The van der Waals surface area contributed by atoms with Crippen molar-refractivity contribution < 1.29 is 13.2 Å². The maximum atomic E-state index is 12.8. The molecule has 8 heteroatoms. The molecule has 1 amide bonds. The molecule has 1 atom stereocenters. The zero-order valence-corrected chi connectivity index (χ0v) is 17.9. The van der Waals surface area contributed by atoms with Crippen LogP contribution in [0.2, 0.25) is 0 Å². The maximum Gasteiger partial charge on any atom is 0.244 e. The summed E-state index contributed by atoms with van der Waals surface area (Å²) in [5.74, 6) is 0.595. The standard InChI is InChI=1S/C22H28N4O3S/c27-22(24-19-9-3-1-4-10-19)18-8-7-13-25(17-18)21-12-11-20(16-23-21)30(28,29)26-14-5-2-6-15-26/h1,3-4,9-12,16,18H,2,5-8,13-15,17H2,(H,24,27). The summed E-state index contributed by atoms with van der Waals surface area (Å²) in [6, 6.07) is 12.9. The molecular formula is C22H28N4O3S. The Morgan fingerprint density at radius 3 is 2.43 bits per heavy atom. The highest BCUT2D eigenvalue weighted by atomic mass is 32.2. The first kappa shape index (κ1) is 20.8. The number of hydrogen-bond acceptors (Lipinski definition) is 5. The van der Waals surface area contributed by atoms with Gasteiger partial charge >= 0.3 is 0 Å². The van der Waals surface area contributed by atoms with E-state index >= 15 is 0 Å². The van der Waals surface area contributed by atoms with Gasteiger partial charge in [-0.25, -0.2) is 13.4 Å². The van der Waals surface area contributed by atoms with E-state index in [2.05, 4.69) is 15.2 Å². The van der Waals surface area contributed by atoms with Gasteiger partial charge in [-0.3, -0.25) is 4.79 Å². The van der Waals surface area contributed by atoms with Crippen molar-refractivity contribution in [2.75, 3.05) is 36.4 Å². The normalized spacial score (nSPS) is 20.7. The number of piperidine rings is 2. The molecular weight excluding hydrogens is 400 g/mol. The number of pyridine rings is 1. The van der Waals surface area contributed by atoms with Crippen molar-refractivity contribution in [3.8, 4) is 0 Å². The van der Waals surface area contributed by atoms with Gasteiger partial charge in [-0.1, -0.05) is 24.6 Å². The number of para-hydroxylation sites is 1. The SMILES string of the molecule is O=C(Nc1ccccc1)C1CCCN(c2ccc(S(=O)(=O)N3CCCCC3)cn2)C1. The Balaban J connectivity index is 1.42. The van der Waals surface area contributed by atoms with Gasteiger partial charge in [0.1, 0.15) is 10.7 Å². The summed E-state index contributed by atoms with van der Waals surface area (Å²) in [7, 11) is -3.48. The third-order valence-electron chi connectivity index (χ3n) is 5.83. The molecule has 0 bridgehead atoms. The van der Waals surface area contributed by atoms with Gasteiger partial charge < -0.3 is 10.2 Å². The third kappa shape index (κ3) is 4.65. The number of hydrogen-bond donors (Lipinski definition) is 1. The van der Waals surface area contributed by atoms with Crippen molar-refractivity contribution >= 4 is 27.4 Å². The van der Waals surface area contributed by atoms with Gasteiger partial charge in [0.2, 0.25) is 15.9 Å². The maximum absolute atomic E-state index is 12.8. The van der Waals surface area contributed by atoms with E-state index in [1.165, 1.54) is 6.20 Å². The molecule has 0 spiro atoms. The molecule has 3 heterocycles. The fourth-order valence-electron chi connectivity index (χ4n) is 4.13. The predicted molar refractivity (Wildman–Crippen MR) is 117 cm³/mol. The van der Waals surface area contributed by atoms with Crippen LogP contribution >= 0.6 is 0 Å². The van der Waals surface area contributed by atoms with Gasteiger partial charge in [0.15, 0.2) is 0 Å². The highest BCUT2D eigenvalue weighted by molar-refractivity contribution is 7.89. The van der Waals surface area contributed by atoms with E-state index < -0.39 is 10.0 Å². The highest BCUT2D eigenvalue weighted by Gasteiger charge is 2.28. The minimum Gasteiger partial charge on any atom is -0.356 e. The van der Waals surface area contributed by atoms with Crippen molar-refractivity contribution in [3.05, 3.63) is 48.7 Å². The molecule has 1 aromatic heterocycles. The zero-order valence-electron chi connectivity index (χ0n) is 17.0. The molecule has 1 aromatic carbocycles. The number of rotatable bonds is 5.